The number of hydrogen-bond donors (Lipinski definition) is 2. The molecule has 0 radical (unpaired) electrons. The lowest BCUT2D eigenvalue weighted by molar-refractivity contribution is 0.368. The first-order chi connectivity index (χ1) is 6.36. The van der Waals surface area contributed by atoms with Gasteiger partial charge in [-0.15, -0.1) is 0 Å². The Bertz CT molecular complexity index is 249. The minimum Gasteiger partial charge on any atom is -0.357 e. The molecule has 0 bridgehead atoms. The number of rotatable bonds is 2. The van der Waals surface area contributed by atoms with Crippen molar-refractivity contribution in [2.24, 2.45) is 5.92 Å². The molecule has 0 saturated carbocycles. The first-order valence-electron chi connectivity index (χ1n) is 4.60. The molecule has 13 heavy (non-hydrogen) atoms. The minimum atomic E-state index is 0.550. The van der Waals surface area contributed by atoms with Gasteiger partial charge in [0, 0.05) is 17.6 Å². The molecule has 2 rings (SSSR count). The van der Waals surface area contributed by atoms with E-state index in [1.54, 1.807) is 6.33 Å². The lowest BCUT2D eigenvalue weighted by atomic mass is 9.96. The zero-order chi connectivity index (χ0) is 9.10. The van der Waals surface area contributed by atoms with Gasteiger partial charge < -0.3 is 10.6 Å². The van der Waals surface area contributed by atoms with Crippen LogP contribution in [-0.2, 0) is 0 Å². The molecule has 5 heteroatoms. The summed E-state index contributed by atoms with van der Waals surface area (Å²) < 4.78 is 3.97. The molecule has 1 aliphatic rings. The quantitative estimate of drug-likeness (QED) is 0.743. The maximum absolute atomic E-state index is 4.12. The lowest BCUT2D eigenvalue weighted by Crippen LogP contribution is -2.42. The molecule has 0 spiro atoms. The standard InChI is InChI=1S/C8H14N4S/c1-6-4-9-3-2-7(6)12-8-10-5-11-13-8/h5-7,9H,2-4H2,1H3,(H,10,11,12). The summed E-state index contributed by atoms with van der Waals surface area (Å²) >= 11 is 1.43. The number of nitrogens with zero attached hydrogens (tertiary/aromatic N) is 2. The van der Waals surface area contributed by atoms with Crippen LogP contribution < -0.4 is 10.6 Å². The van der Waals surface area contributed by atoms with Gasteiger partial charge >= 0.3 is 0 Å². The molecule has 0 amide bonds. The van der Waals surface area contributed by atoms with E-state index < -0.39 is 0 Å². The van der Waals surface area contributed by atoms with E-state index in [9.17, 15) is 0 Å². The molecule has 0 aliphatic carbocycles. The predicted octanol–water partition coefficient (Wildman–Crippen LogP) is 0.948. The fourth-order valence-electron chi connectivity index (χ4n) is 1.62. The number of hydrogen-bond acceptors (Lipinski definition) is 5. The van der Waals surface area contributed by atoms with Gasteiger partial charge in [0.2, 0.25) is 5.13 Å². The third kappa shape index (κ3) is 2.16. The maximum atomic E-state index is 4.12. The second-order valence-corrected chi connectivity index (χ2v) is 4.25. The number of anilines is 1. The van der Waals surface area contributed by atoms with Crippen molar-refractivity contribution in [3.05, 3.63) is 6.33 Å². The van der Waals surface area contributed by atoms with Crippen LogP contribution in [0.2, 0.25) is 0 Å². The molecule has 1 saturated heterocycles. The minimum absolute atomic E-state index is 0.550. The van der Waals surface area contributed by atoms with E-state index in [-0.39, 0.29) is 0 Å². The number of nitrogens with one attached hydrogen (secondary N) is 2. The normalized spacial score (nSPS) is 28.7. The lowest BCUT2D eigenvalue weighted by Gasteiger charge is -2.29. The van der Waals surface area contributed by atoms with E-state index in [2.05, 4.69) is 26.9 Å². The summed E-state index contributed by atoms with van der Waals surface area (Å²) in [6.07, 6.45) is 2.76. The SMILES string of the molecule is CC1CNCCC1Nc1ncns1. The first-order valence-corrected chi connectivity index (χ1v) is 5.37. The molecular weight excluding hydrogens is 184 g/mol. The van der Waals surface area contributed by atoms with Crippen LogP contribution in [0.25, 0.3) is 0 Å². The van der Waals surface area contributed by atoms with E-state index in [0.717, 1.165) is 18.2 Å². The van der Waals surface area contributed by atoms with Crippen molar-refractivity contribution < 1.29 is 0 Å². The van der Waals surface area contributed by atoms with Crippen LogP contribution in [0.1, 0.15) is 13.3 Å². The fraction of sp³-hybridized carbons (Fsp3) is 0.750. The second-order valence-electron chi connectivity index (χ2n) is 3.47. The fourth-order valence-corrected chi connectivity index (χ4v) is 2.12. The Labute approximate surface area is 81.9 Å². The molecule has 72 valence electrons. The molecule has 2 atom stereocenters. The summed E-state index contributed by atoms with van der Waals surface area (Å²) in [5, 5.41) is 7.73. The molecule has 1 aliphatic heterocycles. The highest BCUT2D eigenvalue weighted by Gasteiger charge is 2.21. The molecular formula is C8H14N4S. The van der Waals surface area contributed by atoms with Gasteiger partial charge in [-0.25, -0.2) is 4.98 Å². The van der Waals surface area contributed by atoms with Crippen molar-refractivity contribution in [1.82, 2.24) is 14.7 Å². The molecule has 2 N–H and O–H groups in total. The Morgan fingerprint density at radius 3 is 3.31 bits per heavy atom. The van der Waals surface area contributed by atoms with Crippen LogP contribution in [-0.4, -0.2) is 28.5 Å². The Kier molecular flexibility index (Phi) is 2.75. The van der Waals surface area contributed by atoms with Crippen LogP contribution in [0, 0.1) is 5.92 Å². The maximum Gasteiger partial charge on any atom is 0.202 e. The Balaban J connectivity index is 1.93. The smallest absolute Gasteiger partial charge is 0.202 e. The molecule has 1 aromatic heterocycles. The first kappa shape index (κ1) is 8.90. The van der Waals surface area contributed by atoms with Crippen molar-refractivity contribution in [1.29, 1.82) is 0 Å². The summed E-state index contributed by atoms with van der Waals surface area (Å²) in [4.78, 5) is 4.12. The van der Waals surface area contributed by atoms with Gasteiger partial charge in [-0.2, -0.15) is 4.37 Å². The van der Waals surface area contributed by atoms with Gasteiger partial charge in [0.15, 0.2) is 0 Å². The highest BCUT2D eigenvalue weighted by atomic mass is 32.1. The van der Waals surface area contributed by atoms with Crippen molar-refractivity contribution in [3.63, 3.8) is 0 Å². The zero-order valence-corrected chi connectivity index (χ0v) is 8.47. The molecule has 0 aromatic carbocycles. The molecule has 2 heterocycles. The zero-order valence-electron chi connectivity index (χ0n) is 7.66. The Morgan fingerprint density at radius 1 is 1.69 bits per heavy atom. The van der Waals surface area contributed by atoms with Crippen LogP contribution in [0.15, 0.2) is 6.33 Å². The highest BCUT2D eigenvalue weighted by molar-refractivity contribution is 7.09. The highest BCUT2D eigenvalue weighted by Crippen LogP contribution is 2.17. The topological polar surface area (TPSA) is 49.8 Å². The molecule has 1 fully saturated rings. The van der Waals surface area contributed by atoms with Crippen molar-refractivity contribution >= 4 is 16.7 Å². The van der Waals surface area contributed by atoms with Gasteiger partial charge in [-0.3, -0.25) is 0 Å². The van der Waals surface area contributed by atoms with Gasteiger partial charge in [0.1, 0.15) is 6.33 Å². The van der Waals surface area contributed by atoms with Gasteiger partial charge in [0.05, 0.1) is 0 Å². The predicted molar refractivity (Wildman–Crippen MR) is 54.0 cm³/mol. The van der Waals surface area contributed by atoms with E-state index in [1.165, 1.54) is 18.0 Å². The van der Waals surface area contributed by atoms with E-state index in [1.807, 2.05) is 0 Å². The largest absolute Gasteiger partial charge is 0.357 e. The summed E-state index contributed by atoms with van der Waals surface area (Å²) in [5.41, 5.74) is 0. The van der Waals surface area contributed by atoms with Gasteiger partial charge in [0.25, 0.3) is 0 Å². The van der Waals surface area contributed by atoms with Crippen LogP contribution in [0.4, 0.5) is 5.13 Å². The van der Waals surface area contributed by atoms with Gasteiger partial charge in [-0.1, -0.05) is 6.92 Å². The Hall–Kier alpha value is -0.680. The van der Waals surface area contributed by atoms with Crippen LogP contribution >= 0.6 is 11.5 Å². The van der Waals surface area contributed by atoms with Crippen molar-refractivity contribution in [3.8, 4) is 0 Å². The monoisotopic (exact) mass is 198 g/mol. The third-order valence-corrected chi connectivity index (χ3v) is 3.05. The van der Waals surface area contributed by atoms with E-state index >= 15 is 0 Å². The number of piperidine rings is 1. The van der Waals surface area contributed by atoms with Crippen molar-refractivity contribution in [2.45, 2.75) is 19.4 Å². The average molecular weight is 198 g/mol. The Morgan fingerprint density at radius 2 is 2.62 bits per heavy atom. The van der Waals surface area contributed by atoms with E-state index in [4.69, 9.17) is 0 Å². The van der Waals surface area contributed by atoms with Crippen molar-refractivity contribution in [2.75, 3.05) is 18.4 Å². The summed E-state index contributed by atoms with van der Waals surface area (Å²) in [5.74, 6) is 0.664. The van der Waals surface area contributed by atoms with Crippen LogP contribution in [0.5, 0.6) is 0 Å². The molecule has 4 nitrogen and oxygen atoms in total. The second kappa shape index (κ2) is 4.02. The third-order valence-electron chi connectivity index (χ3n) is 2.46. The molecule has 2 unspecified atom stereocenters. The average Bonchev–Trinajstić information content (AvgIpc) is 2.61. The van der Waals surface area contributed by atoms with Gasteiger partial charge in [-0.05, 0) is 25.4 Å². The van der Waals surface area contributed by atoms with E-state index in [0.29, 0.717) is 12.0 Å². The van der Waals surface area contributed by atoms with Crippen LogP contribution in [0.3, 0.4) is 0 Å². The summed E-state index contributed by atoms with van der Waals surface area (Å²) in [6.45, 7) is 4.45. The molecule has 1 aromatic rings. The summed E-state index contributed by atoms with van der Waals surface area (Å²) in [6, 6.07) is 0.550. The number of aromatic nitrogens is 2. The summed E-state index contributed by atoms with van der Waals surface area (Å²) in [7, 11) is 0.